The summed E-state index contributed by atoms with van der Waals surface area (Å²) in [4.78, 5) is 24.1. The predicted molar refractivity (Wildman–Crippen MR) is 116 cm³/mol. The van der Waals surface area contributed by atoms with Crippen LogP contribution in [-0.4, -0.2) is 25.0 Å². The molecule has 0 radical (unpaired) electrons. The summed E-state index contributed by atoms with van der Waals surface area (Å²) < 4.78 is 11.2. The summed E-state index contributed by atoms with van der Waals surface area (Å²) in [6, 6.07) is 21.0. The van der Waals surface area contributed by atoms with E-state index in [1.807, 2.05) is 60.7 Å². The molecule has 1 unspecified atom stereocenters. The molecule has 0 saturated heterocycles. The van der Waals surface area contributed by atoms with E-state index in [2.05, 4.69) is 24.7 Å². The molecule has 0 aromatic heterocycles. The minimum atomic E-state index is -0.462. The van der Waals surface area contributed by atoms with Gasteiger partial charge in [0.25, 0.3) is 11.8 Å². The molecule has 0 bridgehead atoms. The van der Waals surface area contributed by atoms with Crippen LogP contribution >= 0.6 is 0 Å². The molecule has 0 aliphatic rings. The lowest BCUT2D eigenvalue weighted by molar-refractivity contribution is -0.131. The van der Waals surface area contributed by atoms with Crippen molar-refractivity contribution < 1.29 is 19.1 Å². The monoisotopic (exact) mass is 406 g/mol. The molecule has 156 valence electrons. The van der Waals surface area contributed by atoms with Gasteiger partial charge in [-0.05, 0) is 35.4 Å². The van der Waals surface area contributed by atoms with Crippen LogP contribution in [0.5, 0.6) is 11.5 Å². The van der Waals surface area contributed by atoms with Gasteiger partial charge in [-0.2, -0.15) is 0 Å². The first-order valence-corrected chi connectivity index (χ1v) is 9.98. The molecule has 3 aromatic rings. The van der Waals surface area contributed by atoms with Gasteiger partial charge >= 0.3 is 0 Å². The number of amides is 2. The van der Waals surface area contributed by atoms with E-state index in [0.717, 1.165) is 22.8 Å². The van der Waals surface area contributed by atoms with Crippen molar-refractivity contribution in [2.75, 3.05) is 13.2 Å². The smallest absolute Gasteiger partial charge is 0.276 e. The van der Waals surface area contributed by atoms with Crippen LogP contribution in [0.25, 0.3) is 10.8 Å². The fourth-order valence-corrected chi connectivity index (χ4v) is 3.06. The van der Waals surface area contributed by atoms with Crippen molar-refractivity contribution in [2.45, 2.75) is 26.2 Å². The molecule has 0 aliphatic carbocycles. The van der Waals surface area contributed by atoms with Crippen molar-refractivity contribution in [3.8, 4) is 11.5 Å². The van der Waals surface area contributed by atoms with E-state index in [1.165, 1.54) is 0 Å². The van der Waals surface area contributed by atoms with Gasteiger partial charge in [0, 0.05) is 5.39 Å². The standard InChI is InChI=1S/C24H26N2O4/c1-3-17(2)19-11-6-7-13-21(19)29-15-23(27)25-26-24(28)16-30-22-14-8-10-18-9-4-5-12-20(18)22/h4-14,17H,3,15-16H2,1-2H3,(H,25,27)(H,26,28). The summed E-state index contributed by atoms with van der Waals surface area (Å²) in [5.41, 5.74) is 5.74. The number of carbonyl (C=O) groups is 2. The zero-order valence-electron chi connectivity index (χ0n) is 17.2. The SMILES string of the molecule is CCC(C)c1ccccc1OCC(=O)NNC(=O)COc1cccc2ccccc12. The summed E-state index contributed by atoms with van der Waals surface area (Å²) in [6.45, 7) is 3.80. The van der Waals surface area contributed by atoms with Gasteiger partial charge in [-0.25, -0.2) is 0 Å². The highest BCUT2D eigenvalue weighted by Gasteiger charge is 2.12. The first-order chi connectivity index (χ1) is 14.6. The van der Waals surface area contributed by atoms with Gasteiger partial charge < -0.3 is 9.47 Å². The van der Waals surface area contributed by atoms with Crippen LogP contribution in [0.15, 0.2) is 66.7 Å². The number of ether oxygens (including phenoxy) is 2. The second-order valence-corrected chi connectivity index (χ2v) is 7.00. The Morgan fingerprint density at radius 3 is 2.10 bits per heavy atom. The molecule has 2 N–H and O–H groups in total. The number of benzene rings is 3. The highest BCUT2D eigenvalue weighted by atomic mass is 16.5. The van der Waals surface area contributed by atoms with Crippen LogP contribution < -0.4 is 20.3 Å². The van der Waals surface area contributed by atoms with E-state index in [1.54, 1.807) is 6.07 Å². The summed E-state index contributed by atoms with van der Waals surface area (Å²) >= 11 is 0. The lowest BCUT2D eigenvalue weighted by Crippen LogP contribution is -2.45. The molecule has 1 atom stereocenters. The maximum absolute atomic E-state index is 12.0. The molecule has 6 nitrogen and oxygen atoms in total. The zero-order valence-corrected chi connectivity index (χ0v) is 17.2. The number of fused-ring (bicyclic) bond motifs is 1. The molecule has 6 heteroatoms. The van der Waals surface area contributed by atoms with Gasteiger partial charge in [-0.1, -0.05) is 68.4 Å². The van der Waals surface area contributed by atoms with Crippen molar-refractivity contribution in [1.82, 2.24) is 10.9 Å². The Morgan fingerprint density at radius 1 is 0.800 bits per heavy atom. The van der Waals surface area contributed by atoms with E-state index in [4.69, 9.17) is 9.47 Å². The van der Waals surface area contributed by atoms with Gasteiger partial charge in [0.1, 0.15) is 11.5 Å². The van der Waals surface area contributed by atoms with E-state index in [-0.39, 0.29) is 13.2 Å². The maximum Gasteiger partial charge on any atom is 0.276 e. The van der Waals surface area contributed by atoms with E-state index in [0.29, 0.717) is 17.4 Å². The fraction of sp³-hybridized carbons (Fsp3) is 0.250. The van der Waals surface area contributed by atoms with Crippen LogP contribution in [0.4, 0.5) is 0 Å². The van der Waals surface area contributed by atoms with Crippen LogP contribution in [0, 0.1) is 0 Å². The maximum atomic E-state index is 12.0. The van der Waals surface area contributed by atoms with E-state index in [9.17, 15) is 9.59 Å². The first-order valence-electron chi connectivity index (χ1n) is 9.98. The van der Waals surface area contributed by atoms with Crippen molar-refractivity contribution in [3.05, 3.63) is 72.3 Å². The summed E-state index contributed by atoms with van der Waals surface area (Å²) in [7, 11) is 0. The second-order valence-electron chi connectivity index (χ2n) is 7.00. The largest absolute Gasteiger partial charge is 0.483 e. The van der Waals surface area contributed by atoms with Gasteiger partial charge in [0.05, 0.1) is 0 Å². The molecule has 0 spiro atoms. The molecule has 3 rings (SSSR count). The third-order valence-corrected chi connectivity index (χ3v) is 4.87. The summed E-state index contributed by atoms with van der Waals surface area (Å²) in [5, 5.41) is 1.95. The Hall–Kier alpha value is -3.54. The lowest BCUT2D eigenvalue weighted by atomic mass is 9.98. The van der Waals surface area contributed by atoms with Crippen LogP contribution in [-0.2, 0) is 9.59 Å². The second kappa shape index (κ2) is 10.3. The quantitative estimate of drug-likeness (QED) is 0.555. The number of hydrogen-bond acceptors (Lipinski definition) is 4. The van der Waals surface area contributed by atoms with Crippen molar-refractivity contribution >= 4 is 22.6 Å². The van der Waals surface area contributed by atoms with E-state index < -0.39 is 11.8 Å². The van der Waals surface area contributed by atoms with Crippen LogP contribution in [0.3, 0.4) is 0 Å². The van der Waals surface area contributed by atoms with Gasteiger partial charge in [-0.15, -0.1) is 0 Å². The van der Waals surface area contributed by atoms with Crippen LogP contribution in [0.2, 0.25) is 0 Å². The van der Waals surface area contributed by atoms with Crippen LogP contribution in [0.1, 0.15) is 31.7 Å². The Balaban J connectivity index is 1.45. The van der Waals surface area contributed by atoms with E-state index >= 15 is 0 Å². The number of hydrazine groups is 1. The van der Waals surface area contributed by atoms with Crippen molar-refractivity contribution in [2.24, 2.45) is 0 Å². The number of nitrogens with one attached hydrogen (secondary N) is 2. The Kier molecular flexibility index (Phi) is 7.27. The molecule has 0 aliphatic heterocycles. The average molecular weight is 406 g/mol. The third-order valence-electron chi connectivity index (χ3n) is 4.87. The highest BCUT2D eigenvalue weighted by molar-refractivity contribution is 5.89. The lowest BCUT2D eigenvalue weighted by Gasteiger charge is -2.15. The molecule has 0 heterocycles. The van der Waals surface area contributed by atoms with Gasteiger partial charge in [-0.3, -0.25) is 20.4 Å². The summed E-state index contributed by atoms with van der Waals surface area (Å²) in [6.07, 6.45) is 0.972. The molecule has 30 heavy (non-hydrogen) atoms. The topological polar surface area (TPSA) is 76.7 Å². The molecule has 0 fully saturated rings. The normalized spacial score (nSPS) is 11.5. The van der Waals surface area contributed by atoms with Gasteiger partial charge in [0.15, 0.2) is 13.2 Å². The number of hydrogen-bond donors (Lipinski definition) is 2. The Labute approximate surface area is 176 Å². The predicted octanol–water partition coefficient (Wildman–Crippen LogP) is 3.96. The number of para-hydroxylation sites is 1. The Bertz CT molecular complexity index is 1010. The number of carbonyl (C=O) groups excluding carboxylic acids is 2. The minimum Gasteiger partial charge on any atom is -0.483 e. The third kappa shape index (κ3) is 5.50. The van der Waals surface area contributed by atoms with Gasteiger partial charge in [0.2, 0.25) is 0 Å². The first kappa shape index (κ1) is 21.2. The zero-order chi connectivity index (χ0) is 21.3. The number of rotatable bonds is 8. The minimum absolute atomic E-state index is 0.197. The fourth-order valence-electron chi connectivity index (χ4n) is 3.06. The molecular weight excluding hydrogens is 380 g/mol. The van der Waals surface area contributed by atoms with Crippen molar-refractivity contribution in [1.29, 1.82) is 0 Å². The molecule has 0 saturated carbocycles. The van der Waals surface area contributed by atoms with Crippen molar-refractivity contribution in [3.63, 3.8) is 0 Å². The molecule has 3 aromatic carbocycles. The Morgan fingerprint density at radius 2 is 1.37 bits per heavy atom. The highest BCUT2D eigenvalue weighted by Crippen LogP contribution is 2.28. The molecule has 2 amide bonds. The molecular formula is C24H26N2O4. The summed E-state index contributed by atoms with van der Waals surface area (Å²) in [5.74, 6) is 0.700. The average Bonchev–Trinajstić information content (AvgIpc) is 2.79.